The van der Waals surface area contributed by atoms with Crippen molar-refractivity contribution in [3.63, 3.8) is 0 Å². The van der Waals surface area contributed by atoms with Crippen LogP contribution in [0, 0.1) is 30.6 Å². The van der Waals surface area contributed by atoms with E-state index in [-0.39, 0.29) is 5.91 Å². The van der Waals surface area contributed by atoms with Gasteiger partial charge in [0.2, 0.25) is 0 Å². The van der Waals surface area contributed by atoms with Crippen LogP contribution in [-0.2, 0) is 0 Å². The van der Waals surface area contributed by atoms with Crippen molar-refractivity contribution < 1.29 is 4.79 Å². The number of halogens is 2. The summed E-state index contributed by atoms with van der Waals surface area (Å²) in [6, 6.07) is 6.03. The molecular formula is C27H35Cl2N5O. The molecule has 0 atom stereocenters. The summed E-state index contributed by atoms with van der Waals surface area (Å²) in [7, 11) is 0. The van der Waals surface area contributed by atoms with Gasteiger partial charge in [-0.3, -0.25) is 4.79 Å². The van der Waals surface area contributed by atoms with Crippen molar-refractivity contribution in [2.75, 3.05) is 31.1 Å². The molecule has 1 amide bonds. The molecule has 0 spiro atoms. The Bertz CT molecular complexity index is 1080. The van der Waals surface area contributed by atoms with E-state index in [0.29, 0.717) is 28.3 Å². The van der Waals surface area contributed by atoms with E-state index in [1.165, 1.54) is 32.1 Å². The zero-order valence-corrected chi connectivity index (χ0v) is 21.9. The Hall–Kier alpha value is -1.76. The van der Waals surface area contributed by atoms with Gasteiger partial charge in [-0.15, -0.1) is 0 Å². The lowest BCUT2D eigenvalue weighted by molar-refractivity contribution is -0.0133. The zero-order valence-electron chi connectivity index (χ0n) is 20.4. The Morgan fingerprint density at radius 2 is 1.71 bits per heavy atom. The van der Waals surface area contributed by atoms with Gasteiger partial charge in [-0.1, -0.05) is 23.2 Å². The number of rotatable bonds is 7. The van der Waals surface area contributed by atoms with E-state index in [2.05, 4.69) is 15.5 Å². The van der Waals surface area contributed by atoms with Gasteiger partial charge in [-0.2, -0.15) is 5.10 Å². The summed E-state index contributed by atoms with van der Waals surface area (Å²) in [5.41, 5.74) is 2.10. The Morgan fingerprint density at radius 1 is 1.03 bits per heavy atom. The minimum absolute atomic E-state index is 0.126. The van der Waals surface area contributed by atoms with Crippen molar-refractivity contribution in [3.05, 3.63) is 39.5 Å². The largest absolute Gasteiger partial charge is 0.356 e. The normalized spacial score (nSPS) is 29.2. The molecule has 2 aromatic rings. The number of benzene rings is 1. The van der Waals surface area contributed by atoms with Gasteiger partial charge in [0.05, 0.1) is 10.7 Å². The standard InChI is InChI=1S/C27H35Cl2N5O/c1-16-24(26(35)31-7-6-30-25-19-11-17-10-18(13-19)14-20(25)12-17)32-34(27(16)33-8-2-3-9-33)23-5-4-21(28)15-22(23)29/h4-5,15,17-20,25,30H,2-3,6-14H2,1H3,(H,31,35). The second-order valence-electron chi connectivity index (χ2n) is 11.2. The van der Waals surface area contributed by atoms with Crippen LogP contribution in [0.1, 0.15) is 61.0 Å². The first kappa shape index (κ1) is 23.6. The van der Waals surface area contributed by atoms with Gasteiger partial charge in [-0.05, 0) is 93.7 Å². The molecule has 2 heterocycles. The first-order valence-electron chi connectivity index (χ1n) is 13.3. The van der Waals surface area contributed by atoms with Gasteiger partial charge in [0.25, 0.3) is 5.91 Å². The number of amides is 1. The van der Waals surface area contributed by atoms with Crippen molar-refractivity contribution in [3.8, 4) is 5.69 Å². The van der Waals surface area contributed by atoms with E-state index in [1.54, 1.807) is 6.07 Å². The predicted molar refractivity (Wildman–Crippen MR) is 141 cm³/mol. The molecule has 6 nitrogen and oxygen atoms in total. The maximum absolute atomic E-state index is 13.2. The summed E-state index contributed by atoms with van der Waals surface area (Å²) in [6.45, 7) is 5.31. The molecule has 5 fully saturated rings. The third-order valence-electron chi connectivity index (χ3n) is 8.87. The number of nitrogens with zero attached hydrogens (tertiary/aromatic N) is 3. The highest BCUT2D eigenvalue weighted by atomic mass is 35.5. The number of anilines is 1. The SMILES string of the molecule is Cc1c(C(=O)NCCNC2C3CC4CC(C3)CC2C4)nn(-c2ccc(Cl)cc2Cl)c1N1CCCC1. The van der Waals surface area contributed by atoms with E-state index >= 15 is 0 Å². The average Bonchev–Trinajstić information content (AvgIpc) is 3.45. The fourth-order valence-electron chi connectivity index (χ4n) is 7.58. The fraction of sp³-hybridized carbons (Fsp3) is 0.630. The van der Waals surface area contributed by atoms with Crippen LogP contribution in [0.15, 0.2) is 18.2 Å². The molecule has 8 heteroatoms. The molecule has 5 aliphatic rings. The van der Waals surface area contributed by atoms with Crippen LogP contribution in [-0.4, -0.2) is 47.9 Å². The van der Waals surface area contributed by atoms with Crippen LogP contribution in [0.4, 0.5) is 5.82 Å². The first-order valence-corrected chi connectivity index (χ1v) is 14.0. The van der Waals surface area contributed by atoms with Crippen molar-refractivity contribution >= 4 is 34.9 Å². The minimum atomic E-state index is -0.126. The van der Waals surface area contributed by atoms with E-state index in [9.17, 15) is 4.79 Å². The summed E-state index contributed by atoms with van der Waals surface area (Å²) in [6.07, 6.45) is 9.36. The molecule has 4 saturated carbocycles. The first-order chi connectivity index (χ1) is 17.0. The summed E-state index contributed by atoms with van der Waals surface area (Å²) in [5.74, 6) is 4.46. The Balaban J connectivity index is 1.15. The summed E-state index contributed by atoms with van der Waals surface area (Å²) >= 11 is 12.7. The van der Waals surface area contributed by atoms with Crippen molar-refractivity contribution in [1.29, 1.82) is 0 Å². The third kappa shape index (κ3) is 4.47. The van der Waals surface area contributed by atoms with E-state index in [1.807, 2.05) is 23.7 Å². The predicted octanol–water partition coefficient (Wildman–Crippen LogP) is 5.23. The Labute approximate surface area is 217 Å². The quantitative estimate of drug-likeness (QED) is 0.495. The summed E-state index contributed by atoms with van der Waals surface area (Å²) < 4.78 is 1.82. The maximum atomic E-state index is 13.2. The highest BCUT2D eigenvalue weighted by Crippen LogP contribution is 2.53. The Kier molecular flexibility index (Phi) is 6.48. The number of aromatic nitrogens is 2. The molecule has 2 N–H and O–H groups in total. The molecular weight excluding hydrogens is 481 g/mol. The molecule has 1 saturated heterocycles. The molecule has 188 valence electrons. The van der Waals surface area contributed by atoms with Crippen LogP contribution in [0.2, 0.25) is 10.0 Å². The van der Waals surface area contributed by atoms with Crippen LogP contribution in [0.25, 0.3) is 5.69 Å². The second-order valence-corrected chi connectivity index (χ2v) is 12.0. The molecule has 4 bridgehead atoms. The average molecular weight is 517 g/mol. The summed E-state index contributed by atoms with van der Waals surface area (Å²) in [4.78, 5) is 15.5. The van der Waals surface area contributed by atoms with Crippen molar-refractivity contribution in [1.82, 2.24) is 20.4 Å². The number of carbonyl (C=O) groups excluding carboxylic acids is 1. The second kappa shape index (κ2) is 9.60. The summed E-state index contributed by atoms with van der Waals surface area (Å²) in [5, 5.41) is 12.8. The van der Waals surface area contributed by atoms with Crippen LogP contribution >= 0.6 is 23.2 Å². The van der Waals surface area contributed by atoms with Gasteiger partial charge >= 0.3 is 0 Å². The smallest absolute Gasteiger partial charge is 0.272 e. The monoisotopic (exact) mass is 515 g/mol. The van der Waals surface area contributed by atoms with E-state index < -0.39 is 0 Å². The highest BCUT2D eigenvalue weighted by molar-refractivity contribution is 6.35. The molecule has 35 heavy (non-hydrogen) atoms. The third-order valence-corrected chi connectivity index (χ3v) is 9.40. The van der Waals surface area contributed by atoms with Gasteiger partial charge in [0.1, 0.15) is 5.82 Å². The Morgan fingerprint density at radius 3 is 2.37 bits per heavy atom. The van der Waals surface area contributed by atoms with E-state index in [0.717, 1.165) is 73.2 Å². The van der Waals surface area contributed by atoms with Crippen LogP contribution in [0.5, 0.6) is 0 Å². The number of hydrogen-bond acceptors (Lipinski definition) is 4. The van der Waals surface area contributed by atoms with E-state index in [4.69, 9.17) is 28.3 Å². The van der Waals surface area contributed by atoms with Crippen LogP contribution in [0.3, 0.4) is 0 Å². The van der Waals surface area contributed by atoms with Crippen molar-refractivity contribution in [2.45, 2.75) is 57.9 Å². The number of hydrogen-bond donors (Lipinski definition) is 2. The lowest BCUT2D eigenvalue weighted by Crippen LogP contribution is -2.55. The van der Waals surface area contributed by atoms with Gasteiger partial charge in [0, 0.05) is 42.8 Å². The zero-order chi connectivity index (χ0) is 24.1. The molecule has 0 unspecified atom stereocenters. The molecule has 0 radical (unpaired) electrons. The number of nitrogens with one attached hydrogen (secondary N) is 2. The van der Waals surface area contributed by atoms with Gasteiger partial charge in [-0.25, -0.2) is 4.68 Å². The molecule has 1 aromatic carbocycles. The molecule has 7 rings (SSSR count). The van der Waals surface area contributed by atoms with Crippen LogP contribution < -0.4 is 15.5 Å². The number of carbonyl (C=O) groups is 1. The molecule has 1 aromatic heterocycles. The molecule has 1 aliphatic heterocycles. The van der Waals surface area contributed by atoms with Gasteiger partial charge in [0.15, 0.2) is 5.69 Å². The van der Waals surface area contributed by atoms with Crippen molar-refractivity contribution in [2.24, 2.45) is 23.7 Å². The lowest BCUT2D eigenvalue weighted by atomic mass is 9.54. The highest BCUT2D eigenvalue weighted by Gasteiger charge is 2.47. The fourth-order valence-corrected chi connectivity index (χ4v) is 8.07. The minimum Gasteiger partial charge on any atom is -0.356 e. The maximum Gasteiger partial charge on any atom is 0.272 e. The lowest BCUT2D eigenvalue weighted by Gasteiger charge is -2.54. The van der Waals surface area contributed by atoms with Gasteiger partial charge < -0.3 is 15.5 Å². The molecule has 4 aliphatic carbocycles. The topological polar surface area (TPSA) is 62.2 Å².